The summed E-state index contributed by atoms with van der Waals surface area (Å²) in [4.78, 5) is 5.15. The highest BCUT2D eigenvalue weighted by atomic mass is 15.0. The lowest BCUT2D eigenvalue weighted by atomic mass is 9.95. The molecule has 0 fully saturated rings. The van der Waals surface area contributed by atoms with Crippen LogP contribution in [-0.4, -0.2) is 4.98 Å². The Morgan fingerprint density at radius 2 is 1.88 bits per heavy atom. The number of hydrogen-bond donors (Lipinski definition) is 0. The van der Waals surface area contributed by atoms with Crippen molar-refractivity contribution < 1.29 is 4.57 Å². The van der Waals surface area contributed by atoms with Crippen LogP contribution >= 0.6 is 0 Å². The van der Waals surface area contributed by atoms with Gasteiger partial charge in [0.2, 0.25) is 0 Å². The van der Waals surface area contributed by atoms with Gasteiger partial charge < -0.3 is 0 Å². The molecule has 0 unspecified atom stereocenters. The van der Waals surface area contributed by atoms with Gasteiger partial charge in [-0.05, 0) is 53.9 Å². The van der Waals surface area contributed by atoms with Crippen molar-refractivity contribution in [2.75, 3.05) is 0 Å². The lowest BCUT2D eigenvalue weighted by Crippen LogP contribution is -2.33. The standard InChI is InChI=1S/C24H27N2/c1-15(2)11-18-7-6-8-20-22(18)13-19-14-26(5)24(25-23(19)20)21-12-16(3)9-10-17(21)4/h6-10,12,14-15H,11,13H2,1-5H3/q+1. The van der Waals surface area contributed by atoms with E-state index in [1.165, 1.54) is 44.6 Å². The van der Waals surface area contributed by atoms with E-state index in [9.17, 15) is 0 Å². The maximum absolute atomic E-state index is 5.15. The Morgan fingerprint density at radius 3 is 2.65 bits per heavy atom. The second kappa shape index (κ2) is 6.35. The van der Waals surface area contributed by atoms with Crippen LogP contribution in [0.3, 0.4) is 0 Å². The van der Waals surface area contributed by atoms with E-state index in [1.54, 1.807) is 0 Å². The Labute approximate surface area is 156 Å². The molecule has 0 saturated heterocycles. The molecule has 0 N–H and O–H groups in total. The first kappa shape index (κ1) is 17.0. The van der Waals surface area contributed by atoms with Crippen molar-refractivity contribution >= 4 is 0 Å². The lowest BCUT2D eigenvalue weighted by Gasteiger charge is -2.09. The molecule has 3 aromatic rings. The largest absolute Gasteiger partial charge is 0.331 e. The van der Waals surface area contributed by atoms with Crippen molar-refractivity contribution in [2.45, 2.75) is 40.5 Å². The third-order valence-electron chi connectivity index (χ3n) is 5.36. The van der Waals surface area contributed by atoms with Crippen LogP contribution in [0.2, 0.25) is 0 Å². The Hall–Kier alpha value is -2.48. The van der Waals surface area contributed by atoms with Gasteiger partial charge in [0.1, 0.15) is 0 Å². The highest BCUT2D eigenvalue weighted by molar-refractivity contribution is 5.75. The van der Waals surface area contributed by atoms with Crippen molar-refractivity contribution in [1.29, 1.82) is 0 Å². The summed E-state index contributed by atoms with van der Waals surface area (Å²) in [5, 5.41) is 0. The van der Waals surface area contributed by atoms with Gasteiger partial charge in [-0.2, -0.15) is 0 Å². The summed E-state index contributed by atoms with van der Waals surface area (Å²) >= 11 is 0. The molecule has 0 spiro atoms. The van der Waals surface area contributed by atoms with Gasteiger partial charge >= 0.3 is 5.82 Å². The van der Waals surface area contributed by atoms with Crippen molar-refractivity contribution in [3.8, 4) is 22.6 Å². The average Bonchev–Trinajstić information content (AvgIpc) is 2.94. The van der Waals surface area contributed by atoms with Gasteiger partial charge in [-0.15, -0.1) is 0 Å². The normalized spacial score (nSPS) is 12.4. The summed E-state index contributed by atoms with van der Waals surface area (Å²) in [5.74, 6) is 1.71. The maximum atomic E-state index is 5.15. The van der Waals surface area contributed by atoms with Gasteiger partial charge in [0.05, 0.1) is 18.8 Å². The Balaban J connectivity index is 1.87. The lowest BCUT2D eigenvalue weighted by molar-refractivity contribution is -0.663. The van der Waals surface area contributed by atoms with E-state index >= 15 is 0 Å². The van der Waals surface area contributed by atoms with Gasteiger partial charge in [-0.1, -0.05) is 49.7 Å². The number of aryl methyl sites for hydroxylation is 3. The first-order chi connectivity index (χ1) is 12.4. The quantitative estimate of drug-likeness (QED) is 0.480. The van der Waals surface area contributed by atoms with Crippen molar-refractivity contribution in [2.24, 2.45) is 13.0 Å². The minimum atomic E-state index is 0.666. The molecule has 2 heteroatoms. The Kier molecular flexibility index (Phi) is 4.14. The molecular weight excluding hydrogens is 316 g/mol. The van der Waals surface area contributed by atoms with E-state index in [4.69, 9.17) is 4.98 Å². The summed E-state index contributed by atoms with van der Waals surface area (Å²) in [6.07, 6.45) is 4.41. The summed E-state index contributed by atoms with van der Waals surface area (Å²) in [7, 11) is 2.11. The summed E-state index contributed by atoms with van der Waals surface area (Å²) in [5.41, 5.74) is 10.5. The molecule has 2 aromatic carbocycles. The Bertz CT molecular complexity index is 999. The second-order valence-electron chi connectivity index (χ2n) is 8.09. The zero-order chi connectivity index (χ0) is 18.4. The third kappa shape index (κ3) is 2.84. The molecule has 0 saturated carbocycles. The first-order valence-corrected chi connectivity index (χ1v) is 9.52. The predicted octanol–water partition coefficient (Wildman–Crippen LogP) is 4.96. The summed E-state index contributed by atoms with van der Waals surface area (Å²) < 4.78 is 2.19. The van der Waals surface area contributed by atoms with Crippen molar-refractivity contribution in [1.82, 2.24) is 4.98 Å². The highest BCUT2D eigenvalue weighted by Gasteiger charge is 2.30. The van der Waals surface area contributed by atoms with E-state index in [0.717, 1.165) is 18.7 Å². The Morgan fingerprint density at radius 1 is 1.08 bits per heavy atom. The zero-order valence-electron chi connectivity index (χ0n) is 16.4. The molecule has 0 atom stereocenters. The zero-order valence-corrected chi connectivity index (χ0v) is 16.4. The fourth-order valence-electron chi connectivity index (χ4n) is 4.09. The van der Waals surface area contributed by atoms with Crippen LogP contribution in [0.15, 0.2) is 42.6 Å². The van der Waals surface area contributed by atoms with Crippen LogP contribution in [-0.2, 0) is 19.9 Å². The molecule has 0 aliphatic heterocycles. The van der Waals surface area contributed by atoms with Crippen LogP contribution in [0, 0.1) is 19.8 Å². The van der Waals surface area contributed by atoms with Gasteiger partial charge in [0.25, 0.3) is 0 Å². The van der Waals surface area contributed by atoms with Gasteiger partial charge in [0, 0.05) is 17.5 Å². The molecule has 4 rings (SSSR count). The minimum Gasteiger partial charge on any atom is -0.233 e. The fourth-order valence-corrected chi connectivity index (χ4v) is 4.09. The molecule has 1 heterocycles. The number of fused-ring (bicyclic) bond motifs is 3. The van der Waals surface area contributed by atoms with Crippen molar-refractivity contribution in [3.05, 3.63) is 70.4 Å². The molecule has 0 amide bonds. The van der Waals surface area contributed by atoms with Crippen LogP contribution in [0.1, 0.15) is 41.7 Å². The van der Waals surface area contributed by atoms with Crippen LogP contribution in [0.5, 0.6) is 0 Å². The summed E-state index contributed by atoms with van der Waals surface area (Å²) in [6.45, 7) is 8.89. The molecule has 0 radical (unpaired) electrons. The van der Waals surface area contributed by atoms with Gasteiger partial charge in [-0.25, -0.2) is 4.57 Å². The van der Waals surface area contributed by atoms with E-state index in [0.29, 0.717) is 5.92 Å². The predicted molar refractivity (Wildman–Crippen MR) is 107 cm³/mol. The smallest absolute Gasteiger partial charge is 0.233 e. The van der Waals surface area contributed by atoms with Crippen LogP contribution in [0.25, 0.3) is 22.6 Å². The van der Waals surface area contributed by atoms with Crippen molar-refractivity contribution in [3.63, 3.8) is 0 Å². The number of nitrogens with zero attached hydrogens (tertiary/aromatic N) is 2. The SMILES string of the molecule is Cc1ccc(C)c(-c2nc3c(c[n+]2C)Cc2c(CC(C)C)cccc2-3)c1. The van der Waals surface area contributed by atoms with Gasteiger partial charge in [0.15, 0.2) is 5.69 Å². The van der Waals surface area contributed by atoms with E-state index in [-0.39, 0.29) is 0 Å². The number of hydrogen-bond acceptors (Lipinski definition) is 1. The average molecular weight is 343 g/mol. The third-order valence-corrected chi connectivity index (χ3v) is 5.36. The van der Waals surface area contributed by atoms with E-state index in [2.05, 4.69) is 81.9 Å². The van der Waals surface area contributed by atoms with Crippen LogP contribution in [0.4, 0.5) is 0 Å². The first-order valence-electron chi connectivity index (χ1n) is 9.52. The number of benzene rings is 2. The minimum absolute atomic E-state index is 0.666. The fraction of sp³-hybridized carbons (Fsp3) is 0.333. The topological polar surface area (TPSA) is 16.8 Å². The van der Waals surface area contributed by atoms with E-state index < -0.39 is 0 Å². The molecular formula is C24H27N2+. The highest BCUT2D eigenvalue weighted by Crippen LogP contribution is 2.38. The van der Waals surface area contributed by atoms with Crippen LogP contribution < -0.4 is 4.57 Å². The molecule has 1 aromatic heterocycles. The molecule has 26 heavy (non-hydrogen) atoms. The molecule has 1 aliphatic rings. The van der Waals surface area contributed by atoms with E-state index in [1.807, 2.05) is 0 Å². The molecule has 2 nitrogen and oxygen atoms in total. The summed E-state index contributed by atoms with van der Waals surface area (Å²) in [6, 6.07) is 13.3. The molecule has 132 valence electrons. The molecule has 1 aliphatic carbocycles. The maximum Gasteiger partial charge on any atom is 0.331 e. The number of aromatic nitrogens is 2. The number of rotatable bonds is 3. The molecule has 0 bridgehead atoms. The monoisotopic (exact) mass is 343 g/mol. The van der Waals surface area contributed by atoms with Gasteiger partial charge in [-0.3, -0.25) is 0 Å². The second-order valence-corrected chi connectivity index (χ2v) is 8.09.